The third-order valence-electron chi connectivity index (χ3n) is 5.56. The Balaban J connectivity index is 1.80. The molecule has 29 heavy (non-hydrogen) atoms. The molecule has 0 bridgehead atoms. The minimum atomic E-state index is -1.32. The summed E-state index contributed by atoms with van der Waals surface area (Å²) < 4.78 is 16.7. The van der Waals surface area contributed by atoms with Crippen LogP contribution in [0.4, 0.5) is 10.2 Å². The molecular formula is C20H22ClFN4O3. The maximum absolute atomic E-state index is 15.0. The average molecular weight is 421 g/mol. The van der Waals surface area contributed by atoms with E-state index in [2.05, 4.69) is 4.98 Å². The van der Waals surface area contributed by atoms with Crippen LogP contribution in [0.15, 0.2) is 27.7 Å². The molecule has 0 amide bonds. The van der Waals surface area contributed by atoms with Gasteiger partial charge >= 0.3 is 5.97 Å². The maximum atomic E-state index is 15.0. The minimum Gasteiger partial charge on any atom is -0.477 e. The predicted molar refractivity (Wildman–Crippen MR) is 109 cm³/mol. The Morgan fingerprint density at radius 2 is 2.10 bits per heavy atom. The zero-order valence-electron chi connectivity index (χ0n) is 15.8. The first-order valence-electron chi connectivity index (χ1n) is 9.70. The lowest BCUT2D eigenvalue weighted by molar-refractivity contribution is 0.0695. The maximum Gasteiger partial charge on any atom is 0.341 e. The third kappa shape index (κ3) is 3.74. The van der Waals surface area contributed by atoms with Crippen LogP contribution in [0, 0.1) is 5.82 Å². The second-order valence-corrected chi connectivity index (χ2v) is 7.99. The van der Waals surface area contributed by atoms with Gasteiger partial charge in [-0.05, 0) is 38.2 Å². The number of pyridine rings is 2. The van der Waals surface area contributed by atoms with Crippen LogP contribution in [0.25, 0.3) is 11.0 Å². The molecule has 2 aliphatic rings. The molecule has 1 aliphatic carbocycles. The molecule has 1 saturated heterocycles. The summed E-state index contributed by atoms with van der Waals surface area (Å²) in [7, 11) is 0. The molecule has 2 fully saturated rings. The van der Waals surface area contributed by atoms with E-state index < -0.39 is 17.2 Å². The number of hydrogen-bond donors (Lipinski definition) is 2. The summed E-state index contributed by atoms with van der Waals surface area (Å²) in [4.78, 5) is 30.4. The quantitative estimate of drug-likeness (QED) is 0.788. The molecule has 0 spiro atoms. The number of carbonyl (C=O) groups is 1. The van der Waals surface area contributed by atoms with E-state index in [1.54, 1.807) is 4.57 Å². The Hall–Kier alpha value is -2.45. The van der Waals surface area contributed by atoms with Gasteiger partial charge in [-0.1, -0.05) is 17.2 Å². The summed E-state index contributed by atoms with van der Waals surface area (Å²) >= 11 is 6.20. The van der Waals surface area contributed by atoms with E-state index in [0.717, 1.165) is 37.3 Å². The number of fused-ring (bicyclic) bond motifs is 1. The highest BCUT2D eigenvalue weighted by atomic mass is 35.5. The zero-order valence-corrected chi connectivity index (χ0v) is 16.6. The van der Waals surface area contributed by atoms with E-state index >= 15 is 0 Å². The lowest BCUT2D eigenvalue weighted by atomic mass is 10.1. The molecule has 2 aromatic rings. The second-order valence-electron chi connectivity index (χ2n) is 7.53. The van der Waals surface area contributed by atoms with Crippen molar-refractivity contribution in [2.75, 3.05) is 24.5 Å². The summed E-state index contributed by atoms with van der Waals surface area (Å²) in [6.45, 7) is 1.44. The van der Waals surface area contributed by atoms with Gasteiger partial charge in [0.15, 0.2) is 11.6 Å². The van der Waals surface area contributed by atoms with E-state index in [0.29, 0.717) is 36.7 Å². The average Bonchev–Trinajstić information content (AvgIpc) is 3.54. The molecule has 0 atom stereocenters. The zero-order chi connectivity index (χ0) is 20.7. The minimum absolute atomic E-state index is 0.000340. The van der Waals surface area contributed by atoms with E-state index in [4.69, 9.17) is 17.3 Å². The van der Waals surface area contributed by atoms with Crippen LogP contribution in [0.2, 0.25) is 0 Å². The molecule has 0 unspecified atom stereocenters. The molecule has 0 radical (unpaired) electrons. The molecule has 9 heteroatoms. The van der Waals surface area contributed by atoms with Crippen molar-refractivity contribution in [2.45, 2.75) is 38.1 Å². The molecule has 0 aromatic carbocycles. The van der Waals surface area contributed by atoms with Crippen LogP contribution >= 0.6 is 11.6 Å². The molecule has 4 rings (SSSR count). The van der Waals surface area contributed by atoms with Crippen LogP contribution in [0.5, 0.6) is 0 Å². The predicted octanol–water partition coefficient (Wildman–Crippen LogP) is 3.01. The van der Waals surface area contributed by atoms with Gasteiger partial charge in [0, 0.05) is 36.9 Å². The van der Waals surface area contributed by atoms with Crippen molar-refractivity contribution in [3.05, 3.63) is 44.5 Å². The lowest BCUT2D eigenvalue weighted by Gasteiger charge is -2.23. The number of rotatable bonds is 4. The number of nitrogens with zero attached hydrogens (tertiary/aromatic N) is 3. The molecule has 7 nitrogen and oxygen atoms in total. The highest BCUT2D eigenvalue weighted by Gasteiger charge is 2.29. The van der Waals surface area contributed by atoms with Gasteiger partial charge in [0.25, 0.3) is 0 Å². The van der Waals surface area contributed by atoms with Gasteiger partial charge in [-0.3, -0.25) is 4.79 Å². The largest absolute Gasteiger partial charge is 0.477 e. The van der Waals surface area contributed by atoms with Crippen LogP contribution in [0.1, 0.15) is 48.5 Å². The molecular weight excluding hydrogens is 399 g/mol. The van der Waals surface area contributed by atoms with Gasteiger partial charge < -0.3 is 20.3 Å². The number of aromatic nitrogens is 2. The SMILES string of the molecule is NC/C(Cl)=C1\CCCN(c2nc3c(cc2F)c(=O)c(C(=O)O)cn3C2CC2)CC1. The molecule has 154 valence electrons. The van der Waals surface area contributed by atoms with E-state index in [9.17, 15) is 19.1 Å². The number of carboxylic acid groups (broad SMARTS) is 1. The monoisotopic (exact) mass is 420 g/mol. The second kappa shape index (κ2) is 7.76. The molecule has 3 N–H and O–H groups in total. The lowest BCUT2D eigenvalue weighted by Crippen LogP contribution is -2.27. The van der Waals surface area contributed by atoms with Gasteiger partial charge in [-0.25, -0.2) is 14.2 Å². The Labute approximate surface area is 171 Å². The van der Waals surface area contributed by atoms with Crippen LogP contribution < -0.4 is 16.1 Å². The van der Waals surface area contributed by atoms with Gasteiger partial charge in [0.1, 0.15) is 11.2 Å². The standard InChI is InChI=1S/C20H22ClFN4O3/c21-15(9-23)11-2-1-6-25(7-5-11)19-16(22)8-13-17(27)14(20(28)29)10-26(12-3-4-12)18(13)24-19/h8,10,12H,1-7,9,23H2,(H,28,29)/b15-11-. The summed E-state index contributed by atoms with van der Waals surface area (Å²) in [5.41, 5.74) is 5.98. The summed E-state index contributed by atoms with van der Waals surface area (Å²) in [6, 6.07) is 1.21. The van der Waals surface area contributed by atoms with Crippen LogP contribution in [-0.2, 0) is 0 Å². The first kappa shape index (κ1) is 19.8. The van der Waals surface area contributed by atoms with Crippen molar-refractivity contribution in [2.24, 2.45) is 5.73 Å². The summed E-state index contributed by atoms with van der Waals surface area (Å²) in [6.07, 6.45) is 5.35. The Morgan fingerprint density at radius 1 is 1.34 bits per heavy atom. The fraction of sp³-hybridized carbons (Fsp3) is 0.450. The third-order valence-corrected chi connectivity index (χ3v) is 5.98. The topological polar surface area (TPSA) is 101 Å². The van der Waals surface area contributed by atoms with Crippen molar-refractivity contribution in [3.8, 4) is 0 Å². The van der Waals surface area contributed by atoms with Gasteiger partial charge in [-0.2, -0.15) is 0 Å². The van der Waals surface area contributed by atoms with Crippen molar-refractivity contribution in [1.29, 1.82) is 0 Å². The van der Waals surface area contributed by atoms with E-state index in [-0.39, 0.29) is 22.8 Å². The van der Waals surface area contributed by atoms with Gasteiger partial charge in [0.05, 0.1) is 5.39 Å². The van der Waals surface area contributed by atoms with Gasteiger partial charge in [-0.15, -0.1) is 0 Å². The first-order chi connectivity index (χ1) is 13.9. The van der Waals surface area contributed by atoms with Crippen LogP contribution in [0.3, 0.4) is 0 Å². The number of halogens is 2. The summed E-state index contributed by atoms with van der Waals surface area (Å²) in [5, 5.41) is 10.00. The number of aromatic carboxylic acids is 1. The van der Waals surface area contributed by atoms with Crippen molar-refractivity contribution < 1.29 is 14.3 Å². The highest BCUT2D eigenvalue weighted by molar-refractivity contribution is 6.30. The van der Waals surface area contributed by atoms with E-state index in [1.165, 1.54) is 6.20 Å². The number of anilines is 1. The molecule has 1 aliphatic heterocycles. The Bertz CT molecular complexity index is 1080. The Morgan fingerprint density at radius 3 is 2.76 bits per heavy atom. The van der Waals surface area contributed by atoms with E-state index in [1.807, 2.05) is 4.90 Å². The van der Waals surface area contributed by atoms with Crippen LogP contribution in [-0.4, -0.2) is 40.3 Å². The fourth-order valence-corrected chi connectivity index (χ4v) is 4.05. The van der Waals surface area contributed by atoms with Crippen molar-refractivity contribution in [3.63, 3.8) is 0 Å². The number of hydrogen-bond acceptors (Lipinski definition) is 5. The summed E-state index contributed by atoms with van der Waals surface area (Å²) in [5.74, 6) is -1.77. The fourth-order valence-electron chi connectivity index (χ4n) is 3.86. The Kier molecular flexibility index (Phi) is 5.31. The highest BCUT2D eigenvalue weighted by Crippen LogP contribution is 2.37. The van der Waals surface area contributed by atoms with Crippen molar-refractivity contribution >= 4 is 34.4 Å². The van der Waals surface area contributed by atoms with Crippen molar-refractivity contribution in [1.82, 2.24) is 9.55 Å². The number of carboxylic acids is 1. The first-order valence-corrected chi connectivity index (χ1v) is 10.1. The molecule has 2 aromatic heterocycles. The molecule has 3 heterocycles. The van der Waals surface area contributed by atoms with Gasteiger partial charge in [0.2, 0.25) is 5.43 Å². The number of nitrogens with two attached hydrogens (primary N) is 1. The normalized spacial score (nSPS) is 19.3. The molecule has 1 saturated carbocycles. The smallest absolute Gasteiger partial charge is 0.341 e.